The molecule has 2 N–H and O–H groups in total. The van der Waals surface area contributed by atoms with Crippen LogP contribution in [0.3, 0.4) is 0 Å². The molecule has 3 aromatic rings. The fourth-order valence-corrected chi connectivity index (χ4v) is 13.3. The average Bonchev–Trinajstić information content (AvgIpc) is 3.64. The number of rotatable bonds is 17. The minimum absolute atomic E-state index is 0.0134. The van der Waals surface area contributed by atoms with Crippen LogP contribution in [-0.2, 0) is 54.8 Å². The van der Waals surface area contributed by atoms with Crippen LogP contribution in [0.1, 0.15) is 80.1 Å². The number of morpholine rings is 1. The highest BCUT2D eigenvalue weighted by Crippen LogP contribution is 2.64. The molecule has 20 heteroatoms. The highest BCUT2D eigenvalue weighted by molar-refractivity contribution is 8.13. The second-order valence-corrected chi connectivity index (χ2v) is 23.1. The van der Waals surface area contributed by atoms with Crippen molar-refractivity contribution >= 4 is 75.4 Å². The van der Waals surface area contributed by atoms with Crippen molar-refractivity contribution in [3.05, 3.63) is 70.6 Å². The van der Waals surface area contributed by atoms with E-state index in [9.17, 15) is 33.3 Å². The Hall–Kier alpha value is -4.26. The highest BCUT2D eigenvalue weighted by atomic mass is 32.2. The van der Waals surface area contributed by atoms with Crippen molar-refractivity contribution in [1.82, 2.24) is 25.1 Å². The Morgan fingerprint density at radius 2 is 1.67 bits per heavy atom. The van der Waals surface area contributed by atoms with Crippen molar-refractivity contribution in [2.24, 2.45) is 23.7 Å². The predicted molar refractivity (Wildman–Crippen MR) is 248 cm³/mol. The van der Waals surface area contributed by atoms with E-state index in [4.69, 9.17) is 14.0 Å². The van der Waals surface area contributed by atoms with Gasteiger partial charge in [0.15, 0.2) is 5.12 Å². The van der Waals surface area contributed by atoms with Crippen molar-refractivity contribution < 1.29 is 56.1 Å². The van der Waals surface area contributed by atoms with Crippen LogP contribution >= 0.6 is 30.6 Å². The molecule has 5 aliphatic rings. The van der Waals surface area contributed by atoms with E-state index in [1.54, 1.807) is 45.0 Å². The number of carbonyl (C=O) groups is 6. The summed E-state index contributed by atoms with van der Waals surface area (Å²) in [5.74, 6) is -1.63. The number of nitrogens with one attached hydrogen (secondary N) is 2. The SMILES string of the molecule is CC(C)CC(=O)SCCOP(=O)(N[C@@H](C)C(=O)OCc1ccccc1)C(F)(F)c1ccc2sc(C(=O)N[C@H]3C[C@@H]4C[C@@H]4C[C@H]4CC[C@@H](C(=O)N5CC(C(=O)N6CCOCC6)C5)N4C3=O)cc2c1. The number of ether oxygens (including phenoxy) is 2. The molecule has 67 heavy (non-hydrogen) atoms. The van der Waals surface area contributed by atoms with Crippen LogP contribution in [0, 0.1) is 23.7 Å². The number of thioether (sulfide) groups is 1. The third kappa shape index (κ3) is 11.1. The fraction of sp³-hybridized carbons (Fsp3) is 0.574. The first-order valence-electron chi connectivity index (χ1n) is 23.1. The van der Waals surface area contributed by atoms with Gasteiger partial charge in [0.05, 0.1) is 30.6 Å². The number of fused-ring (bicyclic) bond motifs is 3. The molecule has 4 saturated heterocycles. The number of carbonyl (C=O) groups excluding carboxylic acids is 6. The van der Waals surface area contributed by atoms with E-state index in [2.05, 4.69) is 10.4 Å². The summed E-state index contributed by atoms with van der Waals surface area (Å²) < 4.78 is 64.5. The van der Waals surface area contributed by atoms with Crippen molar-refractivity contribution in [2.75, 3.05) is 51.8 Å². The third-order valence-electron chi connectivity index (χ3n) is 13.3. The fourth-order valence-electron chi connectivity index (χ4n) is 9.52. The third-order valence-corrected chi connectivity index (χ3v) is 17.5. The topological polar surface area (TPSA) is 181 Å². The Morgan fingerprint density at radius 3 is 2.40 bits per heavy atom. The standard InChI is InChI=1S/C47H58F2N5O10PS2/c1-28(2)19-41(55)66-18-17-64-65(61,51-29(3)46(60)63-27-30-7-5-4-6-8-30)47(48,49)35-9-12-39-33(21-35)24-40(67-39)42(56)50-37-23-32-20-31(32)22-36-10-11-38(54(36)44(37)58)45(59)53-25-34(26-53)43(57)52-13-15-62-16-14-52/h4-9,12,21,24,28-29,31-32,34,36-38H,10-11,13-20,22-23,25-27H2,1-3H3,(H,50,56)(H,51,61)/t29-,31+,32-,36+,37-,38-,65?/m0/s1. The Bertz CT molecular complexity index is 2400. The quantitative estimate of drug-likeness (QED) is 0.0866. The van der Waals surface area contributed by atoms with Crippen LogP contribution in [0.5, 0.6) is 0 Å². The maximum Gasteiger partial charge on any atom is 0.360 e. The van der Waals surface area contributed by atoms with E-state index >= 15 is 8.78 Å². The predicted octanol–water partition coefficient (Wildman–Crippen LogP) is 6.39. The number of thiophene rings is 1. The molecule has 1 unspecified atom stereocenters. The first kappa shape index (κ1) is 49.2. The summed E-state index contributed by atoms with van der Waals surface area (Å²) in [5.41, 5.74) is -4.23. The van der Waals surface area contributed by atoms with Gasteiger partial charge >= 0.3 is 19.2 Å². The lowest BCUT2D eigenvalue weighted by atomic mass is 9.96. The molecule has 1 saturated carbocycles. The lowest BCUT2D eigenvalue weighted by Gasteiger charge is -2.44. The van der Waals surface area contributed by atoms with Crippen LogP contribution in [0.25, 0.3) is 10.1 Å². The van der Waals surface area contributed by atoms with E-state index in [0.717, 1.165) is 48.1 Å². The molecular formula is C47H58F2N5O10PS2. The zero-order chi connectivity index (χ0) is 47.6. The van der Waals surface area contributed by atoms with Gasteiger partial charge in [-0.2, -0.15) is 8.78 Å². The molecule has 1 aliphatic carbocycles. The molecule has 362 valence electrons. The molecule has 4 amide bonds. The Labute approximate surface area is 396 Å². The largest absolute Gasteiger partial charge is 0.460 e. The van der Waals surface area contributed by atoms with E-state index in [1.807, 2.05) is 13.8 Å². The van der Waals surface area contributed by atoms with E-state index < -0.39 is 55.4 Å². The van der Waals surface area contributed by atoms with E-state index in [1.165, 1.54) is 19.1 Å². The zero-order valence-electron chi connectivity index (χ0n) is 37.9. The molecule has 0 spiro atoms. The van der Waals surface area contributed by atoms with Gasteiger partial charge in [-0.3, -0.25) is 33.3 Å². The number of benzene rings is 2. The number of esters is 1. The van der Waals surface area contributed by atoms with Crippen molar-refractivity contribution in [3.8, 4) is 0 Å². The molecule has 0 radical (unpaired) electrons. The molecule has 15 nitrogen and oxygen atoms in total. The summed E-state index contributed by atoms with van der Waals surface area (Å²) >= 11 is 1.93. The van der Waals surface area contributed by atoms with Crippen LogP contribution in [-0.4, -0.2) is 125 Å². The maximum absolute atomic E-state index is 16.8. The minimum atomic E-state index is -5.28. The smallest absolute Gasteiger partial charge is 0.360 e. The van der Waals surface area contributed by atoms with Gasteiger partial charge in [0.25, 0.3) is 5.91 Å². The first-order chi connectivity index (χ1) is 32.0. The molecule has 5 fully saturated rings. The van der Waals surface area contributed by atoms with Gasteiger partial charge in [-0.05, 0) is 85.9 Å². The molecule has 2 aromatic carbocycles. The number of alkyl halides is 2. The van der Waals surface area contributed by atoms with Crippen LogP contribution < -0.4 is 10.4 Å². The summed E-state index contributed by atoms with van der Waals surface area (Å²) in [6.07, 6.45) is 3.55. The van der Waals surface area contributed by atoms with E-state index in [-0.39, 0.29) is 75.7 Å². The van der Waals surface area contributed by atoms with Gasteiger partial charge in [0, 0.05) is 54.7 Å². The molecular weight excluding hydrogens is 928 g/mol. The van der Waals surface area contributed by atoms with Gasteiger partial charge in [0.1, 0.15) is 24.7 Å². The van der Waals surface area contributed by atoms with E-state index in [0.29, 0.717) is 74.8 Å². The maximum atomic E-state index is 16.8. The summed E-state index contributed by atoms with van der Waals surface area (Å²) in [6.45, 7) is 7.00. The van der Waals surface area contributed by atoms with Gasteiger partial charge in [-0.15, -0.1) is 11.3 Å². The number of hydrogen-bond donors (Lipinski definition) is 2. The molecule has 7 atom stereocenters. The number of nitrogens with zero attached hydrogens (tertiary/aromatic N) is 3. The summed E-state index contributed by atoms with van der Waals surface area (Å²) in [5, 5.41) is 5.27. The molecule has 0 bridgehead atoms. The lowest BCUT2D eigenvalue weighted by molar-refractivity contribution is -0.156. The van der Waals surface area contributed by atoms with Gasteiger partial charge < -0.3 is 34.0 Å². The van der Waals surface area contributed by atoms with Crippen LogP contribution in [0.4, 0.5) is 8.78 Å². The van der Waals surface area contributed by atoms with Crippen molar-refractivity contribution in [2.45, 2.75) is 95.7 Å². The number of likely N-dealkylation sites (tertiary alicyclic amines) is 1. The Kier molecular flexibility index (Phi) is 15.2. The van der Waals surface area contributed by atoms with Crippen molar-refractivity contribution in [3.63, 3.8) is 0 Å². The second-order valence-electron chi connectivity index (χ2n) is 18.7. The summed E-state index contributed by atoms with van der Waals surface area (Å²) in [6, 6.07) is 10.6. The minimum Gasteiger partial charge on any atom is -0.460 e. The van der Waals surface area contributed by atoms with Crippen molar-refractivity contribution in [1.29, 1.82) is 0 Å². The summed E-state index contributed by atoms with van der Waals surface area (Å²) in [7, 11) is -5.28. The van der Waals surface area contributed by atoms with Gasteiger partial charge in [0.2, 0.25) is 17.7 Å². The highest BCUT2D eigenvalue weighted by Gasteiger charge is 2.55. The Balaban J connectivity index is 0.950. The summed E-state index contributed by atoms with van der Waals surface area (Å²) in [4.78, 5) is 86.0. The van der Waals surface area contributed by atoms with Crippen LogP contribution in [0.2, 0.25) is 0 Å². The molecule has 4 aliphatic heterocycles. The zero-order valence-corrected chi connectivity index (χ0v) is 40.4. The average molecular weight is 986 g/mol. The number of hydrogen-bond acceptors (Lipinski definition) is 12. The lowest BCUT2D eigenvalue weighted by Crippen LogP contribution is -2.62. The number of amides is 4. The monoisotopic (exact) mass is 985 g/mol. The Morgan fingerprint density at radius 1 is 0.940 bits per heavy atom. The normalized spacial score (nSPS) is 24.5. The second kappa shape index (κ2) is 20.8. The molecule has 8 rings (SSSR count). The number of halogens is 2. The van der Waals surface area contributed by atoms with Crippen LogP contribution in [0.15, 0.2) is 54.6 Å². The van der Waals surface area contributed by atoms with Gasteiger partial charge in [-0.1, -0.05) is 62.0 Å². The molecule has 1 aromatic heterocycles. The first-order valence-corrected chi connectivity index (χ1v) is 26.5. The van der Waals surface area contributed by atoms with Gasteiger partial charge in [-0.25, -0.2) is 5.09 Å². The molecule has 5 heterocycles.